The average Bonchev–Trinajstić information content (AvgIpc) is 2.28. The molecule has 1 heterocycles. The molecule has 0 spiro atoms. The Balaban J connectivity index is 2.58. The van der Waals surface area contributed by atoms with Crippen LogP contribution < -0.4 is 5.56 Å². The molecule has 2 nitrogen and oxygen atoms in total. The van der Waals surface area contributed by atoms with E-state index in [4.69, 9.17) is 0 Å². The molecule has 1 aliphatic carbocycles. The smallest absolute Gasteiger partial charge is 0.254 e. The normalized spacial score (nSPS) is 24.2. The first-order chi connectivity index (χ1) is 7.95. The average molecular weight is 229 g/mol. The fourth-order valence-electron chi connectivity index (χ4n) is 2.36. The lowest BCUT2D eigenvalue weighted by atomic mass is 9.83. The molecule has 1 unspecified atom stereocenters. The molecule has 0 radical (unpaired) electrons. The summed E-state index contributed by atoms with van der Waals surface area (Å²) in [6.45, 7) is 8.20. The Kier molecular flexibility index (Phi) is 2.82. The Morgan fingerprint density at radius 3 is 2.65 bits per heavy atom. The molecule has 0 bridgehead atoms. The minimum absolute atomic E-state index is 0.107. The molecule has 0 saturated carbocycles. The lowest BCUT2D eigenvalue weighted by Crippen LogP contribution is -2.40. The third-order valence-corrected chi connectivity index (χ3v) is 3.78. The third kappa shape index (κ3) is 1.88. The SMILES string of the molecule is CC1=CCC(C)(n2cccc(C)c2=O)C(C)=C1. The number of pyridine rings is 1. The molecule has 0 aliphatic heterocycles. The molecule has 0 saturated heterocycles. The predicted octanol–water partition coefficient (Wildman–Crippen LogP) is 3.17. The van der Waals surface area contributed by atoms with Crippen LogP contribution in [0, 0.1) is 6.92 Å². The van der Waals surface area contributed by atoms with Crippen molar-refractivity contribution in [2.75, 3.05) is 0 Å². The number of allylic oxidation sites excluding steroid dienone is 4. The highest BCUT2D eigenvalue weighted by Gasteiger charge is 2.30. The van der Waals surface area contributed by atoms with Crippen molar-refractivity contribution in [3.05, 3.63) is 57.5 Å². The van der Waals surface area contributed by atoms with E-state index < -0.39 is 0 Å². The summed E-state index contributed by atoms with van der Waals surface area (Å²) >= 11 is 0. The maximum absolute atomic E-state index is 12.2. The van der Waals surface area contributed by atoms with Crippen LogP contribution in [-0.2, 0) is 5.54 Å². The fraction of sp³-hybridized carbons (Fsp3) is 0.400. The van der Waals surface area contributed by atoms with Crippen molar-refractivity contribution in [3.8, 4) is 0 Å². The van der Waals surface area contributed by atoms with Crippen molar-refractivity contribution in [2.24, 2.45) is 0 Å². The van der Waals surface area contributed by atoms with Gasteiger partial charge in [0.1, 0.15) is 0 Å². The van der Waals surface area contributed by atoms with Crippen molar-refractivity contribution in [3.63, 3.8) is 0 Å². The minimum Gasteiger partial charge on any atom is -0.305 e. The maximum atomic E-state index is 12.2. The molecular formula is C15H19NO. The van der Waals surface area contributed by atoms with Gasteiger partial charge in [-0.2, -0.15) is 0 Å². The van der Waals surface area contributed by atoms with Gasteiger partial charge in [0.25, 0.3) is 5.56 Å². The first-order valence-corrected chi connectivity index (χ1v) is 5.99. The highest BCUT2D eigenvalue weighted by atomic mass is 16.1. The Morgan fingerprint density at radius 2 is 2.00 bits per heavy atom. The van der Waals surface area contributed by atoms with E-state index >= 15 is 0 Å². The maximum Gasteiger partial charge on any atom is 0.254 e. The number of hydrogen-bond acceptors (Lipinski definition) is 1. The number of aromatic nitrogens is 1. The van der Waals surface area contributed by atoms with Gasteiger partial charge in [-0.25, -0.2) is 0 Å². The van der Waals surface area contributed by atoms with E-state index in [9.17, 15) is 4.79 Å². The molecule has 2 heteroatoms. The second-order valence-electron chi connectivity index (χ2n) is 5.12. The van der Waals surface area contributed by atoms with E-state index in [-0.39, 0.29) is 11.1 Å². The van der Waals surface area contributed by atoms with Gasteiger partial charge in [0.2, 0.25) is 0 Å². The summed E-state index contributed by atoms with van der Waals surface area (Å²) in [4.78, 5) is 12.2. The van der Waals surface area contributed by atoms with Gasteiger partial charge in [0.15, 0.2) is 0 Å². The summed E-state index contributed by atoms with van der Waals surface area (Å²) in [5, 5.41) is 0. The zero-order valence-electron chi connectivity index (χ0n) is 10.9. The van der Waals surface area contributed by atoms with Crippen molar-refractivity contribution in [2.45, 2.75) is 39.7 Å². The molecule has 0 fully saturated rings. The monoisotopic (exact) mass is 229 g/mol. The Labute approximate surface area is 102 Å². The molecule has 1 aromatic heterocycles. The van der Waals surface area contributed by atoms with Gasteiger partial charge in [0.05, 0.1) is 5.54 Å². The number of rotatable bonds is 1. The van der Waals surface area contributed by atoms with Crippen LogP contribution in [0.1, 0.15) is 32.8 Å². The van der Waals surface area contributed by atoms with Crippen molar-refractivity contribution < 1.29 is 0 Å². The van der Waals surface area contributed by atoms with Crippen LogP contribution >= 0.6 is 0 Å². The van der Waals surface area contributed by atoms with Gasteiger partial charge in [0, 0.05) is 11.8 Å². The molecule has 0 aromatic carbocycles. The molecule has 0 N–H and O–H groups in total. The van der Waals surface area contributed by atoms with Crippen LogP contribution in [0.5, 0.6) is 0 Å². The van der Waals surface area contributed by atoms with Gasteiger partial charge in [-0.3, -0.25) is 4.79 Å². The van der Waals surface area contributed by atoms with Gasteiger partial charge in [-0.05, 0) is 45.8 Å². The fourth-order valence-corrected chi connectivity index (χ4v) is 2.36. The highest BCUT2D eigenvalue weighted by Crippen LogP contribution is 2.33. The number of hydrogen-bond donors (Lipinski definition) is 0. The van der Waals surface area contributed by atoms with Crippen LogP contribution in [0.15, 0.2) is 46.4 Å². The van der Waals surface area contributed by atoms with Crippen LogP contribution in [0.2, 0.25) is 0 Å². The largest absolute Gasteiger partial charge is 0.305 e. The second kappa shape index (κ2) is 4.02. The molecule has 1 aliphatic rings. The Hall–Kier alpha value is -1.57. The van der Waals surface area contributed by atoms with Gasteiger partial charge >= 0.3 is 0 Å². The van der Waals surface area contributed by atoms with E-state index in [0.29, 0.717) is 0 Å². The molecule has 90 valence electrons. The summed E-state index contributed by atoms with van der Waals surface area (Å²) in [6.07, 6.45) is 7.13. The van der Waals surface area contributed by atoms with E-state index in [0.717, 1.165) is 12.0 Å². The van der Waals surface area contributed by atoms with Crippen LogP contribution in [-0.4, -0.2) is 4.57 Å². The lowest BCUT2D eigenvalue weighted by Gasteiger charge is -2.35. The summed E-state index contributed by atoms with van der Waals surface area (Å²) < 4.78 is 1.86. The third-order valence-electron chi connectivity index (χ3n) is 3.78. The zero-order valence-corrected chi connectivity index (χ0v) is 10.9. The molecule has 2 rings (SSSR count). The van der Waals surface area contributed by atoms with Crippen molar-refractivity contribution >= 4 is 0 Å². The van der Waals surface area contributed by atoms with Gasteiger partial charge in [-0.15, -0.1) is 0 Å². The van der Waals surface area contributed by atoms with Gasteiger partial charge in [-0.1, -0.05) is 23.8 Å². The van der Waals surface area contributed by atoms with E-state index in [2.05, 4.69) is 32.9 Å². The lowest BCUT2D eigenvalue weighted by molar-refractivity contribution is 0.369. The van der Waals surface area contributed by atoms with E-state index in [1.807, 2.05) is 29.8 Å². The summed E-state index contributed by atoms with van der Waals surface area (Å²) in [5.74, 6) is 0. The van der Waals surface area contributed by atoms with E-state index in [1.54, 1.807) is 0 Å². The predicted molar refractivity (Wildman–Crippen MR) is 71.2 cm³/mol. The van der Waals surface area contributed by atoms with E-state index in [1.165, 1.54) is 11.1 Å². The molecule has 1 aromatic rings. The van der Waals surface area contributed by atoms with Crippen LogP contribution in [0.4, 0.5) is 0 Å². The topological polar surface area (TPSA) is 22.0 Å². The number of aryl methyl sites for hydroxylation is 1. The Morgan fingerprint density at radius 1 is 1.29 bits per heavy atom. The quantitative estimate of drug-likeness (QED) is 0.725. The van der Waals surface area contributed by atoms with Gasteiger partial charge < -0.3 is 4.57 Å². The first-order valence-electron chi connectivity index (χ1n) is 5.99. The summed E-state index contributed by atoms with van der Waals surface area (Å²) in [7, 11) is 0. The second-order valence-corrected chi connectivity index (χ2v) is 5.12. The first kappa shape index (κ1) is 11.9. The number of nitrogens with zero attached hydrogens (tertiary/aromatic N) is 1. The Bertz CT molecular complexity index is 563. The molecule has 1 atom stereocenters. The standard InChI is InChI=1S/C15H19NO/c1-11-7-8-15(4,13(3)10-11)16-9-5-6-12(2)14(16)17/h5-7,9-10H,8H2,1-4H3. The molecule has 0 amide bonds. The van der Waals surface area contributed by atoms with Crippen LogP contribution in [0.25, 0.3) is 0 Å². The van der Waals surface area contributed by atoms with Crippen LogP contribution in [0.3, 0.4) is 0 Å². The zero-order chi connectivity index (χ0) is 12.6. The van der Waals surface area contributed by atoms with Crippen molar-refractivity contribution in [1.29, 1.82) is 0 Å². The highest BCUT2D eigenvalue weighted by molar-refractivity contribution is 5.33. The minimum atomic E-state index is -0.220. The summed E-state index contributed by atoms with van der Waals surface area (Å²) in [5.41, 5.74) is 3.21. The summed E-state index contributed by atoms with van der Waals surface area (Å²) in [6, 6.07) is 3.81. The molecular weight excluding hydrogens is 210 g/mol. The van der Waals surface area contributed by atoms with Crippen molar-refractivity contribution in [1.82, 2.24) is 4.57 Å². The molecule has 17 heavy (non-hydrogen) atoms.